The third-order valence-corrected chi connectivity index (χ3v) is 15.6. The molecule has 7 rings (SSSR count). The van der Waals surface area contributed by atoms with Gasteiger partial charge >= 0.3 is 24.9 Å². The number of carbonyl (C=O) groups is 3. The molecule has 0 aliphatic carbocycles. The summed E-state index contributed by atoms with van der Waals surface area (Å²) in [5, 5.41) is 23.6. The summed E-state index contributed by atoms with van der Waals surface area (Å²) in [5.74, 6) is -7.04. The summed E-state index contributed by atoms with van der Waals surface area (Å²) in [7, 11) is 0. The van der Waals surface area contributed by atoms with Crippen LogP contribution in [-0.2, 0) is 61.4 Å². The quantitative estimate of drug-likeness (QED) is 0.157. The van der Waals surface area contributed by atoms with Crippen LogP contribution < -0.4 is 5.73 Å². The van der Waals surface area contributed by atoms with Crippen molar-refractivity contribution in [2.24, 2.45) is 28.6 Å². The minimum atomic E-state index is -3.52. The number of carbonyl (C=O) groups excluding carboxylic acids is 3. The fourth-order valence-electron chi connectivity index (χ4n) is 10.6. The molecule has 7 aliphatic heterocycles. The molecule has 7 heterocycles. The lowest BCUT2D eigenvalue weighted by Crippen LogP contribution is -2.68. The van der Waals surface area contributed by atoms with Gasteiger partial charge in [-0.2, -0.15) is 0 Å². The van der Waals surface area contributed by atoms with Gasteiger partial charge in [0.1, 0.15) is 18.3 Å². The number of allylic oxidation sites excluding steroid dienone is 1. The van der Waals surface area contributed by atoms with Crippen molar-refractivity contribution in [1.29, 1.82) is 0 Å². The zero-order chi connectivity index (χ0) is 45.2. The van der Waals surface area contributed by atoms with Gasteiger partial charge < -0.3 is 63.0 Å². The number of esters is 3. The van der Waals surface area contributed by atoms with Crippen LogP contribution >= 0.6 is 0 Å². The first-order valence-corrected chi connectivity index (χ1v) is 23.4. The van der Waals surface area contributed by atoms with E-state index in [-0.39, 0.29) is 18.4 Å². The van der Waals surface area contributed by atoms with E-state index in [1.54, 1.807) is 6.92 Å². The van der Waals surface area contributed by atoms with Gasteiger partial charge in [-0.05, 0) is 71.6 Å². The fourth-order valence-corrected chi connectivity index (χ4v) is 10.6. The lowest BCUT2D eigenvalue weighted by Gasteiger charge is -2.52. The van der Waals surface area contributed by atoms with E-state index in [9.17, 15) is 19.8 Å². The molecule has 3 unspecified atom stereocenters. The maximum Gasteiger partial charge on any atom is 0.536 e. The van der Waals surface area contributed by atoms with Gasteiger partial charge in [0.05, 0.1) is 36.6 Å². The maximum absolute atomic E-state index is 15.0. The smallest absolute Gasteiger partial charge is 0.504 e. The second-order valence-corrected chi connectivity index (χ2v) is 21.0. The van der Waals surface area contributed by atoms with E-state index in [2.05, 4.69) is 5.73 Å². The first-order valence-electron chi connectivity index (χ1n) is 23.4. The Bertz CT molecular complexity index is 1680. The third kappa shape index (κ3) is 8.78. The van der Waals surface area contributed by atoms with E-state index < -0.39 is 126 Å². The Morgan fingerprint density at radius 3 is 1.90 bits per heavy atom. The van der Waals surface area contributed by atoms with E-state index in [0.717, 1.165) is 0 Å². The predicted molar refractivity (Wildman–Crippen MR) is 222 cm³/mol. The molecule has 17 atom stereocenters. The molecule has 0 radical (unpaired) electrons. The van der Waals surface area contributed by atoms with Crippen molar-refractivity contribution in [3.05, 3.63) is 12.2 Å². The van der Waals surface area contributed by atoms with Crippen LogP contribution in [0.2, 0.25) is 0 Å². The minimum absolute atomic E-state index is 0.0893. The van der Waals surface area contributed by atoms with E-state index in [1.807, 2.05) is 74.5 Å². The molecule has 6 fully saturated rings. The summed E-state index contributed by atoms with van der Waals surface area (Å²) in [5.41, 5.74) is 2.31. The molecule has 0 amide bonds. The van der Waals surface area contributed by atoms with Crippen LogP contribution in [0, 0.1) is 28.6 Å². The second-order valence-electron chi connectivity index (χ2n) is 21.0. The first kappa shape index (κ1) is 47.8. The molecule has 7 aliphatic rings. The number of hydrogen-bond donors (Lipinski definition) is 3. The SMILES string of the molecule is CC(C)[C@@H]([NH3+])C(=O)O[C@H](C)[C@@H]1C/C=C\CC[C@H](O)C(C)(C)[C@@H]2CC[C@@H](C)[C@]3(O2)O[B-]24OC(C(=O)O1)[C@@]1(O[C@@H](CC[C@H]1C)C(C)(C)[C@H](O)CCC[C@@H]1C[C@H](OC(=O)C3O2)[C@@H](C)O1)O4. The van der Waals surface area contributed by atoms with Crippen LogP contribution in [-0.4, -0.2) is 120 Å². The molecule has 3 spiro atoms. The monoisotopic (exact) mass is 880 g/mol. The molecule has 6 saturated heterocycles. The highest BCUT2D eigenvalue weighted by molar-refractivity contribution is 6.56. The van der Waals surface area contributed by atoms with Gasteiger partial charge in [0, 0.05) is 41.4 Å². The van der Waals surface area contributed by atoms with Gasteiger partial charge in [0.25, 0.3) is 0 Å². The number of fused-ring (bicyclic) bond motifs is 6. The molecule has 5 N–H and O–H groups in total. The first-order chi connectivity index (χ1) is 29.0. The Morgan fingerprint density at radius 2 is 1.34 bits per heavy atom. The Hall–Kier alpha value is -2.19. The normalized spacial score (nSPS) is 46.3. The van der Waals surface area contributed by atoms with Crippen LogP contribution in [0.3, 0.4) is 0 Å². The molecule has 16 nitrogen and oxygen atoms in total. The van der Waals surface area contributed by atoms with Crippen LogP contribution in [0.1, 0.15) is 140 Å². The Labute approximate surface area is 366 Å². The van der Waals surface area contributed by atoms with Crippen LogP contribution in [0.4, 0.5) is 0 Å². The Balaban J connectivity index is 1.36. The molecule has 0 aromatic carbocycles. The van der Waals surface area contributed by atoms with E-state index in [1.165, 1.54) is 0 Å². The van der Waals surface area contributed by atoms with Crippen LogP contribution in [0.5, 0.6) is 0 Å². The predicted octanol–water partition coefficient (Wildman–Crippen LogP) is 4.17. The van der Waals surface area contributed by atoms with Gasteiger partial charge in [-0.15, -0.1) is 0 Å². The van der Waals surface area contributed by atoms with Crippen molar-refractivity contribution in [2.75, 3.05) is 0 Å². The van der Waals surface area contributed by atoms with Gasteiger partial charge in [-0.1, -0.05) is 67.5 Å². The van der Waals surface area contributed by atoms with Gasteiger partial charge in [-0.25, -0.2) is 14.4 Å². The number of cyclic esters (lactones) is 1. The zero-order valence-corrected chi connectivity index (χ0v) is 38.6. The average molecular weight is 880 g/mol. The summed E-state index contributed by atoms with van der Waals surface area (Å²) in [6.45, 7) is 15.3. The van der Waals surface area contributed by atoms with E-state index in [0.29, 0.717) is 64.2 Å². The Kier molecular flexibility index (Phi) is 13.8. The second kappa shape index (κ2) is 17.9. The summed E-state index contributed by atoms with van der Waals surface area (Å²) in [6, 6.07) is -0.652. The lowest BCUT2D eigenvalue weighted by molar-refractivity contribution is -0.419. The molecule has 0 aromatic rings. The number of quaternary nitrogens is 1. The summed E-state index contributed by atoms with van der Waals surface area (Å²) in [4.78, 5) is 43.0. The van der Waals surface area contributed by atoms with Crippen molar-refractivity contribution >= 4 is 24.9 Å². The molecule has 0 saturated carbocycles. The van der Waals surface area contributed by atoms with Crippen LogP contribution in [0.15, 0.2) is 12.2 Å². The largest absolute Gasteiger partial charge is 0.536 e. The van der Waals surface area contributed by atoms with Crippen LogP contribution in [0.25, 0.3) is 0 Å². The molecular weight excluding hydrogens is 805 g/mol. The van der Waals surface area contributed by atoms with Crippen molar-refractivity contribution in [3.8, 4) is 0 Å². The average Bonchev–Trinajstić information content (AvgIpc) is 3.84. The number of ether oxygens (including phenoxy) is 6. The summed E-state index contributed by atoms with van der Waals surface area (Å²) < 4.78 is 66.1. The van der Waals surface area contributed by atoms with Gasteiger partial charge in [0.15, 0.2) is 29.8 Å². The minimum Gasteiger partial charge on any atom is -0.504 e. The van der Waals surface area contributed by atoms with Crippen molar-refractivity contribution in [2.45, 2.75) is 225 Å². The molecule has 62 heavy (non-hydrogen) atoms. The highest BCUT2D eigenvalue weighted by Crippen LogP contribution is 2.57. The topological polar surface area (TPSA) is 212 Å². The number of aliphatic hydroxyl groups excluding tert-OH is 2. The molecule has 17 heteroatoms. The standard InChI is InChI=1S/C45H73BNO15/c1-24(2)36(47)39(50)54-27(5)30-16-12-11-13-17-32(48)42(7,8)34-21-19-26(4)45(57-34)38-41(52)56-31-23-29(53-28(31)6)15-14-18-33(49)43(9,10)35-22-20-25(3)44(58-35)37(40(51)55-30)59-46(60-38,61-44)62-45/h11-12,24-38,48-49H,13-23,47H2,1-10H3/q-1/p+1/b12-11-/t25-,26-,27-,28-,29-,30+,31+,32+,33-,34+,35+,36-,37?,38?,44+,45+,46?/m1/s1. The number of rotatable bonds is 4. The molecular formula is C45H74BNO15. The highest BCUT2D eigenvalue weighted by atomic mass is 17.0. The van der Waals surface area contributed by atoms with Gasteiger partial charge in [-0.3, -0.25) is 0 Å². The Morgan fingerprint density at radius 1 is 0.790 bits per heavy atom. The van der Waals surface area contributed by atoms with Crippen molar-refractivity contribution in [1.82, 2.24) is 0 Å². The van der Waals surface area contributed by atoms with Crippen molar-refractivity contribution < 1.29 is 77.4 Å². The number of aliphatic hydroxyl groups is 2. The fraction of sp³-hybridized carbons (Fsp3) is 0.889. The van der Waals surface area contributed by atoms with Crippen molar-refractivity contribution in [3.63, 3.8) is 0 Å². The van der Waals surface area contributed by atoms with E-state index >= 15 is 4.79 Å². The lowest BCUT2D eigenvalue weighted by atomic mass is 9.73. The van der Waals surface area contributed by atoms with E-state index in [4.69, 9.17) is 47.0 Å². The number of hydrogen-bond acceptors (Lipinski definition) is 15. The zero-order valence-electron chi connectivity index (χ0n) is 38.6. The summed E-state index contributed by atoms with van der Waals surface area (Å²) >= 11 is 0. The maximum atomic E-state index is 15.0. The highest BCUT2D eigenvalue weighted by Gasteiger charge is 2.73. The summed E-state index contributed by atoms with van der Waals surface area (Å²) in [6.07, 6.45) is -0.138. The molecule has 9 bridgehead atoms. The van der Waals surface area contributed by atoms with Gasteiger partial charge in [0.2, 0.25) is 0 Å². The third-order valence-electron chi connectivity index (χ3n) is 15.6. The molecule has 0 aromatic heterocycles. The molecule has 352 valence electrons.